The Morgan fingerprint density at radius 3 is 2.80 bits per heavy atom. The molecule has 0 aromatic heterocycles. The van der Waals surface area contributed by atoms with Crippen LogP contribution in [0.2, 0.25) is 0 Å². The number of hydrogen-bond donors (Lipinski definition) is 2. The van der Waals surface area contributed by atoms with E-state index in [9.17, 15) is 14.0 Å². The van der Waals surface area contributed by atoms with E-state index < -0.39 is 0 Å². The second kappa shape index (κ2) is 11.0. The molecule has 0 radical (unpaired) electrons. The predicted molar refractivity (Wildman–Crippen MR) is 120 cm³/mol. The topological polar surface area (TPSA) is 61.4 Å². The van der Waals surface area contributed by atoms with Crippen LogP contribution in [0, 0.1) is 11.7 Å². The van der Waals surface area contributed by atoms with Gasteiger partial charge in [0.05, 0.1) is 4.91 Å². The largest absolute Gasteiger partial charge is 0.356 e. The highest BCUT2D eigenvalue weighted by Gasteiger charge is 2.39. The number of amides is 2. The smallest absolute Gasteiger partial charge is 0.257 e. The summed E-state index contributed by atoms with van der Waals surface area (Å²) >= 11 is 1.52. The van der Waals surface area contributed by atoms with Gasteiger partial charge in [0.15, 0.2) is 0 Å². The third-order valence-electron chi connectivity index (χ3n) is 6.01. The molecule has 164 valence electrons. The Kier molecular flexibility index (Phi) is 8.33. The highest BCUT2D eigenvalue weighted by molar-refractivity contribution is 8.04. The molecule has 1 aromatic carbocycles. The van der Waals surface area contributed by atoms with Crippen LogP contribution in [-0.4, -0.2) is 54.2 Å². The molecule has 1 aromatic rings. The van der Waals surface area contributed by atoms with Crippen LogP contribution >= 0.6 is 11.8 Å². The van der Waals surface area contributed by atoms with E-state index in [1.54, 1.807) is 24.3 Å². The van der Waals surface area contributed by atoms with E-state index >= 15 is 0 Å². The molecule has 7 heteroatoms. The molecule has 0 bridgehead atoms. The van der Waals surface area contributed by atoms with Gasteiger partial charge < -0.3 is 15.5 Å². The number of carbonyl (C=O) groups excluding carboxylic acids is 2. The predicted octanol–water partition coefficient (Wildman–Crippen LogP) is 3.42. The summed E-state index contributed by atoms with van der Waals surface area (Å²) in [4.78, 5) is 28.0. The Morgan fingerprint density at radius 1 is 1.30 bits per heavy atom. The van der Waals surface area contributed by atoms with Crippen LogP contribution in [0.5, 0.6) is 0 Å². The van der Waals surface area contributed by atoms with Crippen molar-refractivity contribution in [3.63, 3.8) is 0 Å². The van der Waals surface area contributed by atoms with Crippen LogP contribution in [0.3, 0.4) is 0 Å². The van der Waals surface area contributed by atoms with E-state index in [-0.39, 0.29) is 34.8 Å². The number of nitrogens with one attached hydrogen (secondary N) is 2. The zero-order valence-corrected chi connectivity index (χ0v) is 18.6. The van der Waals surface area contributed by atoms with Crippen molar-refractivity contribution < 1.29 is 14.0 Å². The molecule has 1 saturated carbocycles. The van der Waals surface area contributed by atoms with E-state index in [2.05, 4.69) is 29.4 Å². The van der Waals surface area contributed by atoms with Crippen LogP contribution in [0.4, 0.5) is 4.39 Å². The molecule has 2 fully saturated rings. The van der Waals surface area contributed by atoms with Crippen LogP contribution < -0.4 is 10.6 Å². The maximum absolute atomic E-state index is 13.9. The molecule has 1 heterocycles. The van der Waals surface area contributed by atoms with Gasteiger partial charge in [-0.3, -0.25) is 9.59 Å². The van der Waals surface area contributed by atoms with E-state index in [0.717, 1.165) is 38.9 Å². The lowest BCUT2D eigenvalue weighted by Gasteiger charge is -2.39. The summed E-state index contributed by atoms with van der Waals surface area (Å²) in [7, 11) is 0. The number of hydrogen-bond acceptors (Lipinski definition) is 4. The number of fused-ring (bicyclic) bond motifs is 1. The van der Waals surface area contributed by atoms with E-state index in [0.29, 0.717) is 23.4 Å². The minimum Gasteiger partial charge on any atom is -0.356 e. The monoisotopic (exact) mass is 433 g/mol. The fourth-order valence-electron chi connectivity index (χ4n) is 4.16. The number of rotatable bonds is 8. The summed E-state index contributed by atoms with van der Waals surface area (Å²) in [6.45, 7) is 8.03. The highest BCUT2D eigenvalue weighted by Crippen LogP contribution is 2.40. The lowest BCUT2D eigenvalue weighted by Crippen LogP contribution is -2.51. The molecule has 1 aliphatic heterocycles. The Bertz CT molecular complexity index is 781. The SMILES string of the molecule is CCN(CC)CCCNC(=O)C1CCC2S/C(=C/c3ccccc3F)C(=O)NC2C1. The normalized spacial score (nSPS) is 25.1. The summed E-state index contributed by atoms with van der Waals surface area (Å²) < 4.78 is 13.9. The third-order valence-corrected chi connectivity index (χ3v) is 7.44. The zero-order valence-electron chi connectivity index (χ0n) is 17.8. The molecule has 1 aliphatic carbocycles. The first-order valence-corrected chi connectivity index (χ1v) is 11.8. The number of benzene rings is 1. The molecule has 2 amide bonds. The average Bonchev–Trinajstić information content (AvgIpc) is 2.75. The van der Waals surface area contributed by atoms with Crippen molar-refractivity contribution in [2.45, 2.75) is 50.8 Å². The Labute approximate surface area is 182 Å². The van der Waals surface area contributed by atoms with Crippen LogP contribution in [0.25, 0.3) is 6.08 Å². The molecular weight excluding hydrogens is 401 g/mol. The summed E-state index contributed by atoms with van der Waals surface area (Å²) in [5, 5.41) is 6.35. The van der Waals surface area contributed by atoms with Gasteiger partial charge in [-0.15, -0.1) is 11.8 Å². The van der Waals surface area contributed by atoms with Gasteiger partial charge in [-0.25, -0.2) is 4.39 Å². The second-order valence-corrected chi connectivity index (χ2v) is 9.23. The molecule has 2 N–H and O–H groups in total. The maximum Gasteiger partial charge on any atom is 0.257 e. The fraction of sp³-hybridized carbons (Fsp3) is 0.565. The van der Waals surface area contributed by atoms with Gasteiger partial charge in [0.1, 0.15) is 5.82 Å². The number of nitrogens with zero attached hydrogens (tertiary/aromatic N) is 1. The van der Waals surface area contributed by atoms with Gasteiger partial charge in [0.2, 0.25) is 5.91 Å². The summed E-state index contributed by atoms with van der Waals surface area (Å²) in [6.07, 6.45) is 4.92. The first-order chi connectivity index (χ1) is 14.5. The zero-order chi connectivity index (χ0) is 21.5. The van der Waals surface area contributed by atoms with Crippen molar-refractivity contribution >= 4 is 29.7 Å². The molecule has 5 nitrogen and oxygen atoms in total. The fourth-order valence-corrected chi connectivity index (χ4v) is 5.45. The lowest BCUT2D eigenvalue weighted by atomic mass is 9.84. The number of thioether (sulfide) groups is 1. The van der Waals surface area contributed by atoms with Crippen molar-refractivity contribution in [1.29, 1.82) is 0 Å². The molecule has 3 rings (SSSR count). The lowest BCUT2D eigenvalue weighted by molar-refractivity contribution is -0.127. The van der Waals surface area contributed by atoms with E-state index in [1.807, 2.05) is 0 Å². The van der Waals surface area contributed by atoms with Gasteiger partial charge in [-0.2, -0.15) is 0 Å². The Morgan fingerprint density at radius 2 is 2.07 bits per heavy atom. The minimum atomic E-state index is -0.332. The quantitative estimate of drug-likeness (QED) is 0.487. The molecular formula is C23H32FN3O2S. The molecule has 0 spiro atoms. The van der Waals surface area contributed by atoms with Crippen LogP contribution in [0.1, 0.15) is 45.1 Å². The van der Waals surface area contributed by atoms with Gasteiger partial charge in [-0.1, -0.05) is 32.0 Å². The van der Waals surface area contributed by atoms with Gasteiger partial charge >= 0.3 is 0 Å². The first-order valence-electron chi connectivity index (χ1n) is 11.0. The first kappa shape index (κ1) is 22.8. The van der Waals surface area contributed by atoms with Crippen molar-refractivity contribution in [2.75, 3.05) is 26.2 Å². The van der Waals surface area contributed by atoms with Gasteiger partial charge in [0.25, 0.3) is 5.91 Å². The van der Waals surface area contributed by atoms with Crippen molar-refractivity contribution in [3.05, 3.63) is 40.6 Å². The Balaban J connectivity index is 1.50. The van der Waals surface area contributed by atoms with Crippen molar-refractivity contribution in [1.82, 2.24) is 15.5 Å². The summed E-state index contributed by atoms with van der Waals surface area (Å²) in [5.74, 6) is -0.468. The third kappa shape index (κ3) is 5.85. The van der Waals surface area contributed by atoms with Crippen molar-refractivity contribution in [2.24, 2.45) is 5.92 Å². The summed E-state index contributed by atoms with van der Waals surface area (Å²) in [5.41, 5.74) is 0.423. The van der Waals surface area contributed by atoms with E-state index in [4.69, 9.17) is 0 Å². The highest BCUT2D eigenvalue weighted by atomic mass is 32.2. The summed E-state index contributed by atoms with van der Waals surface area (Å²) in [6, 6.07) is 6.45. The Hall–Kier alpha value is -1.86. The molecule has 3 unspecified atom stereocenters. The van der Waals surface area contributed by atoms with Crippen molar-refractivity contribution in [3.8, 4) is 0 Å². The standard InChI is InChI=1S/C23H32FN3O2S/c1-3-27(4-2)13-7-12-25-22(28)17-10-11-20-19(14-17)26-23(29)21(30-20)15-16-8-5-6-9-18(16)24/h5-6,8-9,15,17,19-20H,3-4,7,10-14H2,1-2H3,(H,25,28)(H,26,29)/b21-15+. The maximum atomic E-state index is 13.9. The molecule has 30 heavy (non-hydrogen) atoms. The molecule has 3 atom stereocenters. The van der Waals surface area contributed by atoms with E-state index in [1.165, 1.54) is 17.8 Å². The number of carbonyl (C=O) groups is 2. The molecule has 2 aliphatic rings. The minimum absolute atomic E-state index is 0.0135. The van der Waals surface area contributed by atoms with Crippen LogP contribution in [0.15, 0.2) is 29.2 Å². The second-order valence-electron chi connectivity index (χ2n) is 7.95. The number of halogens is 1. The average molecular weight is 434 g/mol. The van der Waals surface area contributed by atoms with Crippen LogP contribution in [-0.2, 0) is 9.59 Å². The van der Waals surface area contributed by atoms with Gasteiger partial charge in [0, 0.05) is 29.3 Å². The van der Waals surface area contributed by atoms with Gasteiger partial charge in [-0.05, 0) is 57.5 Å². The molecule has 1 saturated heterocycles.